The van der Waals surface area contributed by atoms with Gasteiger partial charge in [0, 0.05) is 18.2 Å². The summed E-state index contributed by atoms with van der Waals surface area (Å²) < 4.78 is 19.9. The smallest absolute Gasteiger partial charge is 0.129 e. The minimum absolute atomic E-state index is 0.161. The minimum atomic E-state index is -0.461. The van der Waals surface area contributed by atoms with Gasteiger partial charge in [-0.2, -0.15) is 0 Å². The Kier molecular flexibility index (Phi) is 3.79. The fourth-order valence-electron chi connectivity index (χ4n) is 2.66. The van der Waals surface area contributed by atoms with Crippen LogP contribution in [0.3, 0.4) is 0 Å². The maximum absolute atomic E-state index is 13.9. The fraction of sp³-hybridized carbons (Fsp3) is 0.571. The third-order valence-electron chi connectivity index (χ3n) is 3.76. The van der Waals surface area contributed by atoms with Crippen LogP contribution in [0.5, 0.6) is 0 Å². The summed E-state index contributed by atoms with van der Waals surface area (Å²) in [6, 6.07) is 7.36. The number of benzene rings is 1. The third kappa shape index (κ3) is 2.35. The molecule has 0 amide bonds. The van der Waals surface area contributed by atoms with Crippen molar-refractivity contribution in [2.24, 2.45) is 0 Å². The van der Waals surface area contributed by atoms with Crippen molar-refractivity contribution in [3.8, 4) is 0 Å². The van der Waals surface area contributed by atoms with Gasteiger partial charge in [0.1, 0.15) is 5.82 Å². The van der Waals surface area contributed by atoms with Crippen LogP contribution >= 0.6 is 0 Å². The molecule has 0 radical (unpaired) electrons. The molecule has 1 aromatic carbocycles. The van der Waals surface area contributed by atoms with Crippen LogP contribution < -0.4 is 5.32 Å². The van der Waals surface area contributed by atoms with Crippen LogP contribution in [-0.2, 0) is 10.3 Å². The van der Waals surface area contributed by atoms with Crippen LogP contribution in [0.1, 0.15) is 31.7 Å². The molecule has 1 aliphatic heterocycles. The van der Waals surface area contributed by atoms with Gasteiger partial charge in [-0.25, -0.2) is 4.39 Å². The van der Waals surface area contributed by atoms with Gasteiger partial charge in [0.25, 0.3) is 0 Å². The van der Waals surface area contributed by atoms with Gasteiger partial charge < -0.3 is 10.1 Å². The lowest BCUT2D eigenvalue weighted by molar-refractivity contribution is -0.0980. The molecule has 1 aromatic rings. The highest BCUT2D eigenvalue weighted by Crippen LogP contribution is 2.39. The Morgan fingerprint density at radius 1 is 1.47 bits per heavy atom. The fourth-order valence-corrected chi connectivity index (χ4v) is 2.66. The van der Waals surface area contributed by atoms with E-state index in [1.54, 1.807) is 6.07 Å². The summed E-state index contributed by atoms with van der Waals surface area (Å²) in [5.74, 6) is -0.161. The van der Waals surface area contributed by atoms with Crippen molar-refractivity contribution in [3.05, 3.63) is 35.6 Å². The first-order valence-electron chi connectivity index (χ1n) is 6.28. The molecular weight excluding hydrogens is 217 g/mol. The van der Waals surface area contributed by atoms with E-state index in [1.165, 1.54) is 6.07 Å². The summed E-state index contributed by atoms with van der Waals surface area (Å²) in [6.07, 6.45) is 2.62. The zero-order chi connectivity index (χ0) is 12.3. The number of rotatable bonds is 3. The molecule has 0 aliphatic carbocycles. The second-order valence-corrected chi connectivity index (χ2v) is 4.65. The molecule has 1 heterocycles. The van der Waals surface area contributed by atoms with Crippen molar-refractivity contribution in [2.45, 2.75) is 37.8 Å². The van der Waals surface area contributed by atoms with Crippen LogP contribution in [0, 0.1) is 5.82 Å². The highest BCUT2D eigenvalue weighted by molar-refractivity contribution is 5.25. The molecule has 1 fully saturated rings. The van der Waals surface area contributed by atoms with E-state index in [0.29, 0.717) is 18.2 Å². The van der Waals surface area contributed by atoms with Gasteiger partial charge >= 0.3 is 0 Å². The Morgan fingerprint density at radius 3 is 2.88 bits per heavy atom. The summed E-state index contributed by atoms with van der Waals surface area (Å²) in [5, 5.41) is 3.28. The maximum atomic E-state index is 13.9. The molecule has 1 saturated heterocycles. The van der Waals surface area contributed by atoms with Crippen LogP contribution in [0.2, 0.25) is 0 Å². The first-order chi connectivity index (χ1) is 8.22. The van der Waals surface area contributed by atoms with Gasteiger partial charge in [-0.1, -0.05) is 25.1 Å². The van der Waals surface area contributed by atoms with Gasteiger partial charge in [-0.05, 0) is 32.4 Å². The molecule has 2 atom stereocenters. The largest absolute Gasteiger partial charge is 0.370 e. The van der Waals surface area contributed by atoms with E-state index < -0.39 is 5.60 Å². The first-order valence-corrected chi connectivity index (χ1v) is 6.28. The van der Waals surface area contributed by atoms with Crippen LogP contribution in [-0.4, -0.2) is 19.7 Å². The maximum Gasteiger partial charge on any atom is 0.129 e. The molecule has 3 heteroatoms. The predicted molar refractivity (Wildman–Crippen MR) is 66.4 cm³/mol. The van der Waals surface area contributed by atoms with Gasteiger partial charge in [0.15, 0.2) is 0 Å². The van der Waals surface area contributed by atoms with Crippen molar-refractivity contribution >= 4 is 0 Å². The minimum Gasteiger partial charge on any atom is -0.370 e. The van der Waals surface area contributed by atoms with Gasteiger partial charge in [0.05, 0.1) is 5.60 Å². The Balaban J connectivity index is 2.34. The third-order valence-corrected chi connectivity index (χ3v) is 3.76. The SMILES string of the molecule is CCC1(c2ccccc2F)CC(NC)CCO1. The second-order valence-electron chi connectivity index (χ2n) is 4.65. The molecule has 0 spiro atoms. The van der Waals surface area contributed by atoms with E-state index in [4.69, 9.17) is 4.74 Å². The molecular formula is C14H20FNO. The molecule has 0 saturated carbocycles. The molecule has 17 heavy (non-hydrogen) atoms. The average Bonchev–Trinajstić information content (AvgIpc) is 2.39. The summed E-state index contributed by atoms with van der Waals surface area (Å²) in [4.78, 5) is 0. The second kappa shape index (κ2) is 5.15. The molecule has 1 aliphatic rings. The van der Waals surface area contributed by atoms with Crippen molar-refractivity contribution < 1.29 is 9.13 Å². The topological polar surface area (TPSA) is 21.3 Å². The first kappa shape index (κ1) is 12.5. The normalized spacial score (nSPS) is 29.2. The van der Waals surface area contributed by atoms with E-state index in [0.717, 1.165) is 19.3 Å². The molecule has 94 valence electrons. The Labute approximate surface area is 102 Å². The highest BCUT2D eigenvalue weighted by Gasteiger charge is 2.38. The zero-order valence-corrected chi connectivity index (χ0v) is 10.5. The lowest BCUT2D eigenvalue weighted by atomic mass is 9.82. The lowest BCUT2D eigenvalue weighted by Crippen LogP contribution is -2.44. The predicted octanol–water partition coefficient (Wildman–Crippen LogP) is 2.83. The van der Waals surface area contributed by atoms with E-state index in [1.807, 2.05) is 19.2 Å². The van der Waals surface area contributed by atoms with Gasteiger partial charge in [-0.15, -0.1) is 0 Å². The van der Waals surface area contributed by atoms with E-state index in [-0.39, 0.29) is 5.82 Å². The Hall–Kier alpha value is -0.930. The quantitative estimate of drug-likeness (QED) is 0.872. The van der Waals surface area contributed by atoms with Crippen molar-refractivity contribution in [3.63, 3.8) is 0 Å². The number of hydrogen-bond donors (Lipinski definition) is 1. The summed E-state index contributed by atoms with van der Waals surface area (Å²) in [5.41, 5.74) is 0.236. The standard InChI is InChI=1S/C14H20FNO/c1-3-14(10-11(16-2)8-9-17-14)12-6-4-5-7-13(12)15/h4-7,11,16H,3,8-10H2,1-2H3. The highest BCUT2D eigenvalue weighted by atomic mass is 19.1. The number of halogens is 1. The zero-order valence-electron chi connectivity index (χ0n) is 10.5. The van der Waals surface area contributed by atoms with Crippen LogP contribution in [0.25, 0.3) is 0 Å². The summed E-state index contributed by atoms with van der Waals surface area (Å²) in [6.45, 7) is 2.75. The van der Waals surface area contributed by atoms with E-state index in [2.05, 4.69) is 12.2 Å². The van der Waals surface area contributed by atoms with Crippen molar-refractivity contribution in [1.82, 2.24) is 5.32 Å². The number of nitrogens with one attached hydrogen (secondary N) is 1. The van der Waals surface area contributed by atoms with E-state index >= 15 is 0 Å². The number of ether oxygens (including phenoxy) is 1. The molecule has 0 bridgehead atoms. The molecule has 0 aromatic heterocycles. The number of hydrogen-bond acceptors (Lipinski definition) is 2. The van der Waals surface area contributed by atoms with Gasteiger partial charge in [0.2, 0.25) is 0 Å². The average molecular weight is 237 g/mol. The summed E-state index contributed by atoms with van der Waals surface area (Å²) >= 11 is 0. The molecule has 2 unspecified atom stereocenters. The monoisotopic (exact) mass is 237 g/mol. The van der Waals surface area contributed by atoms with E-state index in [9.17, 15) is 4.39 Å². The Bertz CT molecular complexity index is 382. The van der Waals surface area contributed by atoms with Crippen LogP contribution in [0.4, 0.5) is 4.39 Å². The van der Waals surface area contributed by atoms with Gasteiger partial charge in [-0.3, -0.25) is 0 Å². The Morgan fingerprint density at radius 2 is 2.24 bits per heavy atom. The molecule has 1 N–H and O–H groups in total. The molecule has 2 rings (SSSR count). The van der Waals surface area contributed by atoms with Crippen molar-refractivity contribution in [2.75, 3.05) is 13.7 Å². The lowest BCUT2D eigenvalue weighted by Gasteiger charge is -2.41. The molecule has 2 nitrogen and oxygen atoms in total. The summed E-state index contributed by atoms with van der Waals surface area (Å²) in [7, 11) is 1.96. The van der Waals surface area contributed by atoms with Crippen LogP contribution in [0.15, 0.2) is 24.3 Å². The van der Waals surface area contributed by atoms with Crippen molar-refractivity contribution in [1.29, 1.82) is 0 Å².